The van der Waals surface area contributed by atoms with E-state index in [9.17, 15) is 9.59 Å². The lowest BCUT2D eigenvalue weighted by Crippen LogP contribution is -2.30. The minimum atomic E-state index is -0.187. The Hall–Kier alpha value is -2.48. The van der Waals surface area contributed by atoms with Crippen LogP contribution in [0.15, 0.2) is 28.2 Å². The first-order valence-electron chi connectivity index (χ1n) is 8.89. The molecule has 0 fully saturated rings. The number of carbonyl (C=O) groups excluding carboxylic acids is 1. The first-order chi connectivity index (χ1) is 13.1. The summed E-state index contributed by atoms with van der Waals surface area (Å²) in [5.74, 6) is 1.69. The standard InChI is InChI=1S/C19H21N3O4S/c1-25-12-6-7-16(26-2)15(9-12)20-17(23)8-11-10-27-19-21-14-5-3-4-13(14)18(24)22(11)19/h6-7,9,11H,3-5,8,10H2,1-2H3,(H,20,23). The van der Waals surface area contributed by atoms with E-state index in [4.69, 9.17) is 9.47 Å². The zero-order chi connectivity index (χ0) is 19.0. The van der Waals surface area contributed by atoms with Crippen LogP contribution in [-0.4, -0.2) is 35.4 Å². The number of rotatable bonds is 5. The Morgan fingerprint density at radius 1 is 1.33 bits per heavy atom. The third kappa shape index (κ3) is 3.29. The predicted molar refractivity (Wildman–Crippen MR) is 103 cm³/mol. The molecule has 1 aliphatic heterocycles. The van der Waals surface area contributed by atoms with E-state index < -0.39 is 0 Å². The minimum Gasteiger partial charge on any atom is -0.497 e. The third-order valence-electron chi connectivity index (χ3n) is 4.97. The molecule has 0 bridgehead atoms. The van der Waals surface area contributed by atoms with E-state index in [1.807, 2.05) is 0 Å². The summed E-state index contributed by atoms with van der Waals surface area (Å²) in [5, 5.41) is 3.61. The van der Waals surface area contributed by atoms with Crippen LogP contribution in [0.25, 0.3) is 0 Å². The summed E-state index contributed by atoms with van der Waals surface area (Å²) in [4.78, 5) is 30.1. The van der Waals surface area contributed by atoms with E-state index in [1.165, 1.54) is 0 Å². The van der Waals surface area contributed by atoms with Crippen molar-refractivity contribution in [1.29, 1.82) is 0 Å². The molecule has 8 heteroatoms. The molecule has 1 unspecified atom stereocenters. The average Bonchev–Trinajstić information content (AvgIpc) is 3.29. The number of hydrogen-bond donors (Lipinski definition) is 1. The Morgan fingerprint density at radius 2 is 2.19 bits per heavy atom. The fraction of sp³-hybridized carbons (Fsp3) is 0.421. The van der Waals surface area contributed by atoms with Crippen LogP contribution in [0.5, 0.6) is 11.5 Å². The molecule has 1 aromatic carbocycles. The highest BCUT2D eigenvalue weighted by molar-refractivity contribution is 7.99. The van der Waals surface area contributed by atoms with Crippen molar-refractivity contribution in [2.24, 2.45) is 0 Å². The van der Waals surface area contributed by atoms with Gasteiger partial charge in [0.15, 0.2) is 5.16 Å². The summed E-state index contributed by atoms with van der Waals surface area (Å²) in [6, 6.07) is 5.04. The SMILES string of the molecule is COc1ccc(OC)c(NC(=O)CC2CSc3nc4c(c(=O)n32)CCC4)c1. The molecule has 1 aliphatic carbocycles. The van der Waals surface area contributed by atoms with Crippen molar-refractivity contribution in [2.45, 2.75) is 36.9 Å². The van der Waals surface area contributed by atoms with Crippen molar-refractivity contribution >= 4 is 23.4 Å². The van der Waals surface area contributed by atoms with E-state index >= 15 is 0 Å². The van der Waals surface area contributed by atoms with Gasteiger partial charge in [0, 0.05) is 23.8 Å². The van der Waals surface area contributed by atoms with Gasteiger partial charge in [0.1, 0.15) is 11.5 Å². The van der Waals surface area contributed by atoms with Gasteiger partial charge >= 0.3 is 0 Å². The molecule has 0 saturated heterocycles. The Morgan fingerprint density at radius 3 is 2.96 bits per heavy atom. The highest BCUT2D eigenvalue weighted by Crippen LogP contribution is 2.35. The number of fused-ring (bicyclic) bond motifs is 2. The van der Waals surface area contributed by atoms with Gasteiger partial charge in [-0.25, -0.2) is 4.98 Å². The number of amides is 1. The molecule has 1 amide bonds. The normalized spacial score (nSPS) is 17.3. The highest BCUT2D eigenvalue weighted by Gasteiger charge is 2.31. The zero-order valence-electron chi connectivity index (χ0n) is 15.3. The molecule has 2 aliphatic rings. The number of carbonyl (C=O) groups is 1. The van der Waals surface area contributed by atoms with Crippen molar-refractivity contribution in [3.8, 4) is 11.5 Å². The van der Waals surface area contributed by atoms with E-state index in [-0.39, 0.29) is 23.9 Å². The van der Waals surface area contributed by atoms with Gasteiger partial charge in [-0.15, -0.1) is 0 Å². The van der Waals surface area contributed by atoms with Gasteiger partial charge in [-0.1, -0.05) is 11.8 Å². The highest BCUT2D eigenvalue weighted by atomic mass is 32.2. The molecular formula is C19H21N3O4S. The van der Waals surface area contributed by atoms with Crippen molar-refractivity contribution in [3.63, 3.8) is 0 Å². The van der Waals surface area contributed by atoms with Gasteiger partial charge < -0.3 is 14.8 Å². The van der Waals surface area contributed by atoms with Gasteiger partial charge in [0.2, 0.25) is 5.91 Å². The third-order valence-corrected chi connectivity index (χ3v) is 6.07. The summed E-state index contributed by atoms with van der Waals surface area (Å²) in [6.45, 7) is 0. The number of nitrogens with one attached hydrogen (secondary N) is 1. The topological polar surface area (TPSA) is 82.5 Å². The number of thioether (sulfide) groups is 1. The Labute approximate surface area is 161 Å². The number of hydrogen-bond acceptors (Lipinski definition) is 6. The first-order valence-corrected chi connectivity index (χ1v) is 9.88. The molecule has 0 saturated carbocycles. The van der Waals surface area contributed by atoms with Gasteiger partial charge in [-0.2, -0.15) is 0 Å². The predicted octanol–water partition coefficient (Wildman–Crippen LogP) is 2.42. The fourth-order valence-electron chi connectivity index (χ4n) is 3.63. The summed E-state index contributed by atoms with van der Waals surface area (Å²) >= 11 is 1.55. The number of aryl methyl sites for hydroxylation is 1. The van der Waals surface area contributed by atoms with E-state index in [1.54, 1.807) is 48.7 Å². The molecule has 1 N–H and O–H groups in total. The quantitative estimate of drug-likeness (QED) is 0.794. The second kappa shape index (κ2) is 7.26. The number of ether oxygens (including phenoxy) is 2. The van der Waals surface area contributed by atoms with Crippen molar-refractivity contribution in [2.75, 3.05) is 25.3 Å². The lowest BCUT2D eigenvalue weighted by molar-refractivity contribution is -0.116. The smallest absolute Gasteiger partial charge is 0.257 e. The Balaban J connectivity index is 1.54. The second-order valence-electron chi connectivity index (χ2n) is 6.63. The molecular weight excluding hydrogens is 366 g/mol. The molecule has 27 heavy (non-hydrogen) atoms. The molecule has 4 rings (SSSR count). The van der Waals surface area contributed by atoms with Crippen LogP contribution in [0.3, 0.4) is 0 Å². The lowest BCUT2D eigenvalue weighted by Gasteiger charge is -2.16. The van der Waals surface area contributed by atoms with Crippen LogP contribution in [0.1, 0.15) is 30.1 Å². The molecule has 1 atom stereocenters. The Kier molecular flexibility index (Phi) is 4.82. The summed E-state index contributed by atoms with van der Waals surface area (Å²) in [6.07, 6.45) is 2.85. The van der Waals surface area contributed by atoms with Crippen molar-refractivity contribution in [1.82, 2.24) is 9.55 Å². The largest absolute Gasteiger partial charge is 0.497 e. The Bertz CT molecular complexity index is 957. The molecule has 1 aromatic heterocycles. The molecule has 2 aromatic rings. The van der Waals surface area contributed by atoms with E-state index in [0.717, 1.165) is 35.7 Å². The van der Waals surface area contributed by atoms with Crippen LogP contribution in [-0.2, 0) is 17.6 Å². The number of aromatic nitrogens is 2. The molecule has 0 spiro atoms. The number of nitrogens with zero attached hydrogens (tertiary/aromatic N) is 2. The van der Waals surface area contributed by atoms with Crippen molar-refractivity contribution < 1.29 is 14.3 Å². The van der Waals surface area contributed by atoms with Crippen LogP contribution in [0.2, 0.25) is 0 Å². The van der Waals surface area contributed by atoms with Crippen LogP contribution in [0, 0.1) is 0 Å². The zero-order valence-corrected chi connectivity index (χ0v) is 16.1. The molecule has 2 heterocycles. The fourth-order valence-corrected chi connectivity index (χ4v) is 4.78. The maximum absolute atomic E-state index is 12.8. The maximum atomic E-state index is 12.8. The lowest BCUT2D eigenvalue weighted by atomic mass is 10.2. The monoisotopic (exact) mass is 387 g/mol. The minimum absolute atomic E-state index is 0.0225. The summed E-state index contributed by atoms with van der Waals surface area (Å²) in [7, 11) is 3.12. The first kappa shape index (κ1) is 17.9. The number of benzene rings is 1. The van der Waals surface area contributed by atoms with Gasteiger partial charge in [0.05, 0.1) is 31.6 Å². The van der Waals surface area contributed by atoms with E-state index in [2.05, 4.69) is 10.3 Å². The van der Waals surface area contributed by atoms with Gasteiger partial charge in [0.25, 0.3) is 5.56 Å². The summed E-state index contributed by atoms with van der Waals surface area (Å²) in [5.41, 5.74) is 2.33. The molecule has 7 nitrogen and oxygen atoms in total. The van der Waals surface area contributed by atoms with Gasteiger partial charge in [-0.05, 0) is 31.4 Å². The van der Waals surface area contributed by atoms with Crippen LogP contribution in [0.4, 0.5) is 5.69 Å². The number of anilines is 1. The maximum Gasteiger partial charge on any atom is 0.257 e. The van der Waals surface area contributed by atoms with E-state index in [0.29, 0.717) is 22.9 Å². The van der Waals surface area contributed by atoms with Gasteiger partial charge in [-0.3, -0.25) is 14.2 Å². The van der Waals surface area contributed by atoms with Crippen LogP contribution < -0.4 is 20.3 Å². The van der Waals surface area contributed by atoms with Crippen molar-refractivity contribution in [3.05, 3.63) is 39.8 Å². The second-order valence-corrected chi connectivity index (χ2v) is 7.62. The average molecular weight is 387 g/mol. The summed E-state index contributed by atoms with van der Waals surface area (Å²) < 4.78 is 12.2. The molecule has 142 valence electrons. The number of methoxy groups -OCH3 is 2. The molecule has 0 radical (unpaired) electrons. The van der Waals surface area contributed by atoms with Crippen LogP contribution >= 0.6 is 11.8 Å².